The third kappa shape index (κ3) is 4.97. The molecular weight excluding hydrogens is 310 g/mol. The van der Waals surface area contributed by atoms with Crippen molar-refractivity contribution < 1.29 is 4.74 Å². The van der Waals surface area contributed by atoms with E-state index in [1.807, 2.05) is 7.05 Å². The predicted octanol–water partition coefficient (Wildman–Crippen LogP) is 3.55. The maximum absolute atomic E-state index is 5.33. The van der Waals surface area contributed by atoms with Gasteiger partial charge in [0.15, 0.2) is 5.96 Å². The Hall–Kier alpha value is -1.55. The van der Waals surface area contributed by atoms with Crippen LogP contribution in [0.2, 0.25) is 0 Å². The molecule has 25 heavy (non-hydrogen) atoms. The Kier molecular flexibility index (Phi) is 6.35. The van der Waals surface area contributed by atoms with Gasteiger partial charge >= 0.3 is 0 Å². The van der Waals surface area contributed by atoms with Crippen LogP contribution in [-0.2, 0) is 4.74 Å². The predicted molar refractivity (Wildman–Crippen MR) is 104 cm³/mol. The maximum Gasteiger partial charge on any atom is 0.191 e. The van der Waals surface area contributed by atoms with Crippen molar-refractivity contribution >= 4 is 5.96 Å². The van der Waals surface area contributed by atoms with E-state index in [4.69, 9.17) is 4.74 Å². The SMILES string of the molecule is CN=C(NCC1CC1c1ccccc1)NCC1(CCOC)CCCC1. The molecule has 0 spiro atoms. The molecule has 0 radical (unpaired) electrons. The molecule has 0 amide bonds. The summed E-state index contributed by atoms with van der Waals surface area (Å²) in [4.78, 5) is 4.42. The number of benzene rings is 1. The summed E-state index contributed by atoms with van der Waals surface area (Å²) in [5.41, 5.74) is 1.86. The summed E-state index contributed by atoms with van der Waals surface area (Å²) in [6, 6.07) is 10.9. The molecule has 4 heteroatoms. The molecule has 0 aromatic heterocycles. The van der Waals surface area contributed by atoms with Gasteiger partial charge in [-0.25, -0.2) is 0 Å². The molecule has 2 aliphatic carbocycles. The smallest absolute Gasteiger partial charge is 0.191 e. The van der Waals surface area contributed by atoms with Crippen LogP contribution in [0.3, 0.4) is 0 Å². The van der Waals surface area contributed by atoms with E-state index < -0.39 is 0 Å². The fraction of sp³-hybridized carbons (Fsp3) is 0.667. The summed E-state index contributed by atoms with van der Waals surface area (Å²) in [6.45, 7) is 2.86. The van der Waals surface area contributed by atoms with Crippen molar-refractivity contribution in [3.05, 3.63) is 35.9 Å². The lowest BCUT2D eigenvalue weighted by Gasteiger charge is -2.30. The lowest BCUT2D eigenvalue weighted by molar-refractivity contribution is 0.138. The number of aliphatic imine (C=N–C) groups is 1. The monoisotopic (exact) mass is 343 g/mol. The van der Waals surface area contributed by atoms with Gasteiger partial charge in [0.2, 0.25) is 0 Å². The van der Waals surface area contributed by atoms with Gasteiger partial charge in [-0.1, -0.05) is 43.2 Å². The minimum Gasteiger partial charge on any atom is -0.385 e. The van der Waals surface area contributed by atoms with Gasteiger partial charge in [-0.05, 0) is 48.5 Å². The number of ether oxygens (including phenoxy) is 1. The zero-order chi connectivity index (χ0) is 17.5. The third-order valence-electron chi connectivity index (χ3n) is 6.04. The van der Waals surface area contributed by atoms with Gasteiger partial charge in [0.05, 0.1) is 0 Å². The van der Waals surface area contributed by atoms with Crippen LogP contribution in [0, 0.1) is 11.3 Å². The number of nitrogens with one attached hydrogen (secondary N) is 2. The first kappa shape index (κ1) is 18.2. The molecule has 2 N–H and O–H groups in total. The number of nitrogens with zero attached hydrogens (tertiary/aromatic N) is 1. The van der Waals surface area contributed by atoms with E-state index in [0.29, 0.717) is 5.41 Å². The minimum atomic E-state index is 0.389. The molecule has 2 fully saturated rings. The Morgan fingerprint density at radius 3 is 2.64 bits per heavy atom. The third-order valence-corrected chi connectivity index (χ3v) is 6.04. The normalized spacial score (nSPS) is 25.0. The lowest BCUT2D eigenvalue weighted by atomic mass is 9.83. The van der Waals surface area contributed by atoms with Gasteiger partial charge in [-0.3, -0.25) is 4.99 Å². The van der Waals surface area contributed by atoms with Gasteiger partial charge in [-0.15, -0.1) is 0 Å². The van der Waals surface area contributed by atoms with E-state index >= 15 is 0 Å². The van der Waals surface area contributed by atoms with Crippen molar-refractivity contribution in [3.63, 3.8) is 0 Å². The van der Waals surface area contributed by atoms with E-state index in [1.54, 1.807) is 7.11 Å². The first-order valence-corrected chi connectivity index (χ1v) is 9.75. The summed E-state index contributed by atoms with van der Waals surface area (Å²) in [6.07, 6.45) is 7.73. The van der Waals surface area contributed by atoms with Gasteiger partial charge < -0.3 is 15.4 Å². The van der Waals surface area contributed by atoms with Crippen molar-refractivity contribution in [3.8, 4) is 0 Å². The highest BCUT2D eigenvalue weighted by atomic mass is 16.5. The second-order valence-corrected chi connectivity index (χ2v) is 7.77. The van der Waals surface area contributed by atoms with Crippen LogP contribution in [-0.4, -0.2) is 39.8 Å². The largest absolute Gasteiger partial charge is 0.385 e. The molecule has 0 saturated heterocycles. The van der Waals surface area contributed by atoms with Crippen molar-refractivity contribution in [2.24, 2.45) is 16.3 Å². The van der Waals surface area contributed by atoms with Crippen molar-refractivity contribution in [2.75, 3.05) is 33.9 Å². The van der Waals surface area contributed by atoms with E-state index in [1.165, 1.54) is 37.7 Å². The van der Waals surface area contributed by atoms with Crippen LogP contribution >= 0.6 is 0 Å². The van der Waals surface area contributed by atoms with Crippen LogP contribution in [0.4, 0.5) is 0 Å². The quantitative estimate of drug-likeness (QED) is 0.560. The van der Waals surface area contributed by atoms with Crippen LogP contribution < -0.4 is 10.6 Å². The molecule has 1 aromatic rings. The Labute approximate surface area is 152 Å². The Morgan fingerprint density at radius 1 is 1.20 bits per heavy atom. The highest BCUT2D eigenvalue weighted by Crippen LogP contribution is 2.46. The molecule has 1 aromatic carbocycles. The second kappa shape index (κ2) is 8.70. The van der Waals surface area contributed by atoms with Gasteiger partial charge in [0, 0.05) is 33.9 Å². The number of hydrogen-bond acceptors (Lipinski definition) is 2. The second-order valence-electron chi connectivity index (χ2n) is 7.77. The van der Waals surface area contributed by atoms with Crippen molar-refractivity contribution in [1.29, 1.82) is 0 Å². The molecule has 2 unspecified atom stereocenters. The molecule has 0 bridgehead atoms. The van der Waals surface area contributed by atoms with Crippen LogP contribution in [0.5, 0.6) is 0 Å². The number of methoxy groups -OCH3 is 1. The van der Waals surface area contributed by atoms with E-state index in [9.17, 15) is 0 Å². The zero-order valence-corrected chi connectivity index (χ0v) is 15.8. The first-order chi connectivity index (χ1) is 12.3. The number of guanidine groups is 1. The summed E-state index contributed by atoms with van der Waals surface area (Å²) < 4.78 is 5.33. The molecular formula is C21H33N3O. The average Bonchev–Trinajstić information content (AvgIpc) is 3.29. The van der Waals surface area contributed by atoms with Crippen LogP contribution in [0.25, 0.3) is 0 Å². The molecule has 2 atom stereocenters. The minimum absolute atomic E-state index is 0.389. The van der Waals surface area contributed by atoms with Gasteiger partial charge in [-0.2, -0.15) is 0 Å². The number of rotatable bonds is 8. The Morgan fingerprint density at radius 2 is 1.96 bits per heavy atom. The number of hydrogen-bond donors (Lipinski definition) is 2. The average molecular weight is 344 g/mol. The van der Waals surface area contributed by atoms with E-state index in [2.05, 4.69) is 46.0 Å². The molecule has 4 nitrogen and oxygen atoms in total. The van der Waals surface area contributed by atoms with Crippen LogP contribution in [0.1, 0.15) is 50.0 Å². The lowest BCUT2D eigenvalue weighted by Crippen LogP contribution is -2.44. The molecule has 3 rings (SSSR count). The molecule has 138 valence electrons. The fourth-order valence-corrected chi connectivity index (χ4v) is 4.26. The Bertz CT molecular complexity index is 552. The molecule has 2 saturated carbocycles. The van der Waals surface area contributed by atoms with Crippen molar-refractivity contribution in [2.45, 2.75) is 44.4 Å². The highest BCUT2D eigenvalue weighted by molar-refractivity contribution is 5.79. The fourth-order valence-electron chi connectivity index (χ4n) is 4.26. The first-order valence-electron chi connectivity index (χ1n) is 9.75. The highest BCUT2D eigenvalue weighted by Gasteiger charge is 2.38. The molecule has 0 heterocycles. The molecule has 2 aliphatic rings. The molecule has 0 aliphatic heterocycles. The summed E-state index contributed by atoms with van der Waals surface area (Å²) >= 11 is 0. The van der Waals surface area contributed by atoms with Gasteiger partial charge in [0.1, 0.15) is 0 Å². The van der Waals surface area contributed by atoms with E-state index in [0.717, 1.165) is 43.9 Å². The Balaban J connectivity index is 1.43. The summed E-state index contributed by atoms with van der Waals surface area (Å²) in [5, 5.41) is 7.12. The summed E-state index contributed by atoms with van der Waals surface area (Å²) in [5.74, 6) is 2.40. The van der Waals surface area contributed by atoms with Crippen molar-refractivity contribution in [1.82, 2.24) is 10.6 Å². The topological polar surface area (TPSA) is 45.7 Å². The summed E-state index contributed by atoms with van der Waals surface area (Å²) in [7, 11) is 3.67. The van der Waals surface area contributed by atoms with E-state index in [-0.39, 0.29) is 0 Å². The zero-order valence-electron chi connectivity index (χ0n) is 15.8. The van der Waals surface area contributed by atoms with Crippen LogP contribution in [0.15, 0.2) is 35.3 Å². The standard InChI is InChI=1S/C21H33N3O/c1-22-20(24-16-21(12-13-25-2)10-6-7-11-21)23-15-18-14-19(18)17-8-4-3-5-9-17/h3-5,8-9,18-19H,6-7,10-16H2,1-2H3,(H2,22,23,24). The van der Waals surface area contributed by atoms with Gasteiger partial charge in [0.25, 0.3) is 0 Å². The maximum atomic E-state index is 5.33.